The molecule has 0 N–H and O–H groups in total. The number of hydrogen-bond donors (Lipinski definition) is 0. The van der Waals surface area contributed by atoms with Crippen LogP contribution in [0.5, 0.6) is 0 Å². The number of fused-ring (bicyclic) bond motifs is 1. The van der Waals surface area contributed by atoms with E-state index in [0.717, 1.165) is 29.6 Å². The first-order chi connectivity index (χ1) is 14.2. The minimum absolute atomic E-state index is 0.103. The highest BCUT2D eigenvalue weighted by molar-refractivity contribution is 7.99. The lowest BCUT2D eigenvalue weighted by atomic mass is 10.1. The van der Waals surface area contributed by atoms with E-state index in [4.69, 9.17) is 0 Å². The van der Waals surface area contributed by atoms with E-state index in [0.29, 0.717) is 16.7 Å². The Kier molecular flexibility index (Phi) is 6.15. The topological polar surface area (TPSA) is 76.8 Å². The second-order valence-corrected chi connectivity index (χ2v) is 8.58. The number of anilines is 1. The molecule has 0 saturated carbocycles. The van der Waals surface area contributed by atoms with E-state index in [9.17, 15) is 4.79 Å². The van der Waals surface area contributed by atoms with E-state index in [-0.39, 0.29) is 11.9 Å². The van der Waals surface area contributed by atoms with Crippen molar-refractivity contribution in [2.45, 2.75) is 48.9 Å². The summed E-state index contributed by atoms with van der Waals surface area (Å²) in [5.74, 6) is 1.94. The van der Waals surface area contributed by atoms with Crippen LogP contribution in [-0.2, 0) is 23.5 Å². The fourth-order valence-electron chi connectivity index (χ4n) is 3.48. The molecule has 1 aliphatic heterocycles. The summed E-state index contributed by atoms with van der Waals surface area (Å²) in [6.07, 6.45) is 4.36. The third kappa shape index (κ3) is 4.30. The minimum Gasteiger partial charge on any atom is -0.308 e. The lowest BCUT2D eigenvalue weighted by Crippen LogP contribution is -2.37. The molecule has 0 spiro atoms. The molecule has 4 rings (SSSR count). The number of thioether (sulfide) groups is 2. The fourth-order valence-corrected chi connectivity index (χ4v) is 5.10. The highest BCUT2D eigenvalue weighted by Gasteiger charge is 2.30. The third-order valence-corrected chi connectivity index (χ3v) is 6.61. The molecule has 1 atom stereocenters. The summed E-state index contributed by atoms with van der Waals surface area (Å²) in [4.78, 5) is 23.3. The Hall–Kier alpha value is -2.39. The van der Waals surface area contributed by atoms with Gasteiger partial charge in [-0.05, 0) is 38.0 Å². The Bertz CT molecular complexity index is 994. The van der Waals surface area contributed by atoms with Gasteiger partial charge in [0.05, 0.1) is 11.5 Å². The molecule has 1 aliphatic rings. The van der Waals surface area contributed by atoms with E-state index in [1.807, 2.05) is 23.1 Å². The zero-order valence-corrected chi connectivity index (χ0v) is 18.0. The largest absolute Gasteiger partial charge is 0.308 e. The second kappa shape index (κ2) is 8.96. The summed E-state index contributed by atoms with van der Waals surface area (Å²) in [5.41, 5.74) is 2.26. The molecule has 0 fully saturated rings. The number of rotatable bonds is 7. The monoisotopic (exact) mass is 426 g/mol. The summed E-state index contributed by atoms with van der Waals surface area (Å²) in [6.45, 7) is 4.90. The Morgan fingerprint density at radius 2 is 1.93 bits per heavy atom. The molecule has 3 heterocycles. The molecule has 0 saturated heterocycles. The SMILES string of the molecule is CCn1c(CSc2ncccn2)nnc1SCC(=O)N1c2ccccc2C[C@@H]1C. The van der Waals surface area contributed by atoms with Gasteiger partial charge in [-0.25, -0.2) is 9.97 Å². The van der Waals surface area contributed by atoms with Crippen LogP contribution in [0, 0.1) is 0 Å². The van der Waals surface area contributed by atoms with Crippen LogP contribution < -0.4 is 4.90 Å². The van der Waals surface area contributed by atoms with Crippen LogP contribution in [0.25, 0.3) is 0 Å². The highest BCUT2D eigenvalue weighted by atomic mass is 32.2. The van der Waals surface area contributed by atoms with Gasteiger partial charge in [0.2, 0.25) is 5.91 Å². The zero-order chi connectivity index (χ0) is 20.2. The normalized spacial score (nSPS) is 15.5. The minimum atomic E-state index is 0.103. The van der Waals surface area contributed by atoms with Gasteiger partial charge in [-0.1, -0.05) is 41.7 Å². The van der Waals surface area contributed by atoms with Crippen LogP contribution in [0.2, 0.25) is 0 Å². The number of para-hydroxylation sites is 1. The molecule has 1 amide bonds. The molecule has 0 bridgehead atoms. The molecular weight excluding hydrogens is 404 g/mol. The Morgan fingerprint density at radius 3 is 2.72 bits per heavy atom. The van der Waals surface area contributed by atoms with Gasteiger partial charge in [-0.15, -0.1) is 10.2 Å². The van der Waals surface area contributed by atoms with Gasteiger partial charge in [0.15, 0.2) is 10.3 Å². The van der Waals surface area contributed by atoms with Crippen LogP contribution in [0.15, 0.2) is 53.0 Å². The standard InChI is InChI=1S/C20H22N6OS2/c1-3-25-17(12-28-19-21-9-6-10-22-19)23-24-20(25)29-13-18(27)26-14(2)11-15-7-4-5-8-16(15)26/h4-10,14H,3,11-13H2,1-2H3/t14-/m0/s1. The highest BCUT2D eigenvalue weighted by Crippen LogP contribution is 2.33. The number of hydrogen-bond acceptors (Lipinski definition) is 7. The van der Waals surface area contributed by atoms with Crippen molar-refractivity contribution >= 4 is 35.1 Å². The fraction of sp³-hybridized carbons (Fsp3) is 0.350. The van der Waals surface area contributed by atoms with E-state index in [2.05, 4.69) is 44.6 Å². The Morgan fingerprint density at radius 1 is 1.14 bits per heavy atom. The van der Waals surface area contributed by atoms with Gasteiger partial charge >= 0.3 is 0 Å². The van der Waals surface area contributed by atoms with Crippen LogP contribution >= 0.6 is 23.5 Å². The van der Waals surface area contributed by atoms with Crippen LogP contribution in [0.1, 0.15) is 25.2 Å². The van der Waals surface area contributed by atoms with Crippen LogP contribution in [0.4, 0.5) is 5.69 Å². The molecule has 29 heavy (non-hydrogen) atoms. The lowest BCUT2D eigenvalue weighted by molar-refractivity contribution is -0.116. The van der Waals surface area contributed by atoms with Gasteiger partial charge in [-0.3, -0.25) is 4.79 Å². The predicted molar refractivity (Wildman–Crippen MR) is 115 cm³/mol. The van der Waals surface area contributed by atoms with E-state index in [1.165, 1.54) is 29.1 Å². The molecule has 0 unspecified atom stereocenters. The molecule has 1 aromatic carbocycles. The van der Waals surface area contributed by atoms with Crippen molar-refractivity contribution in [1.29, 1.82) is 0 Å². The van der Waals surface area contributed by atoms with Gasteiger partial charge in [0.1, 0.15) is 5.82 Å². The summed E-state index contributed by atoms with van der Waals surface area (Å²) < 4.78 is 2.05. The number of carbonyl (C=O) groups excluding carboxylic acids is 1. The van der Waals surface area contributed by atoms with E-state index >= 15 is 0 Å². The van der Waals surface area contributed by atoms with Gasteiger partial charge in [-0.2, -0.15) is 0 Å². The number of benzene rings is 1. The number of carbonyl (C=O) groups is 1. The second-order valence-electron chi connectivity index (χ2n) is 6.70. The first-order valence-electron chi connectivity index (χ1n) is 9.52. The average molecular weight is 427 g/mol. The van der Waals surface area contributed by atoms with Gasteiger partial charge in [0.25, 0.3) is 0 Å². The van der Waals surface area contributed by atoms with Crippen molar-refractivity contribution in [1.82, 2.24) is 24.7 Å². The molecule has 3 aromatic rings. The Balaban J connectivity index is 1.41. The van der Waals surface area contributed by atoms with Crippen molar-refractivity contribution in [2.24, 2.45) is 0 Å². The van der Waals surface area contributed by atoms with Gasteiger partial charge in [0, 0.05) is 30.7 Å². The molecule has 7 nitrogen and oxygen atoms in total. The number of amides is 1. The molecule has 150 valence electrons. The maximum absolute atomic E-state index is 12.9. The van der Waals surface area contributed by atoms with Crippen LogP contribution in [-0.4, -0.2) is 42.4 Å². The Labute approximate surface area is 178 Å². The van der Waals surface area contributed by atoms with Crippen molar-refractivity contribution in [3.8, 4) is 0 Å². The maximum atomic E-state index is 12.9. The van der Waals surface area contributed by atoms with Gasteiger partial charge < -0.3 is 9.47 Å². The maximum Gasteiger partial charge on any atom is 0.237 e. The number of aromatic nitrogens is 5. The molecule has 0 radical (unpaired) electrons. The van der Waals surface area contributed by atoms with E-state index in [1.54, 1.807) is 18.5 Å². The summed E-state index contributed by atoms with van der Waals surface area (Å²) in [6, 6.07) is 10.1. The van der Waals surface area contributed by atoms with Crippen molar-refractivity contribution in [2.75, 3.05) is 10.7 Å². The quantitative estimate of drug-likeness (QED) is 0.423. The smallest absolute Gasteiger partial charge is 0.237 e. The lowest BCUT2D eigenvalue weighted by Gasteiger charge is -2.22. The van der Waals surface area contributed by atoms with Crippen molar-refractivity contribution in [3.63, 3.8) is 0 Å². The molecular formula is C20H22N6OS2. The zero-order valence-electron chi connectivity index (χ0n) is 16.4. The first-order valence-corrected chi connectivity index (χ1v) is 11.5. The first kappa shape index (κ1) is 19.9. The average Bonchev–Trinajstić information content (AvgIpc) is 3.30. The van der Waals surface area contributed by atoms with Crippen molar-refractivity contribution < 1.29 is 4.79 Å². The third-order valence-electron chi connectivity index (χ3n) is 4.78. The summed E-state index contributed by atoms with van der Waals surface area (Å²) >= 11 is 2.97. The summed E-state index contributed by atoms with van der Waals surface area (Å²) in [5, 5.41) is 10.1. The van der Waals surface area contributed by atoms with Crippen molar-refractivity contribution in [3.05, 3.63) is 54.1 Å². The molecule has 2 aromatic heterocycles. The predicted octanol–water partition coefficient (Wildman–Crippen LogP) is 3.45. The summed E-state index contributed by atoms with van der Waals surface area (Å²) in [7, 11) is 0. The number of nitrogens with zero attached hydrogens (tertiary/aromatic N) is 6. The van der Waals surface area contributed by atoms with E-state index < -0.39 is 0 Å². The molecule has 9 heteroatoms. The van der Waals surface area contributed by atoms with Crippen LogP contribution in [0.3, 0.4) is 0 Å². The molecule has 0 aliphatic carbocycles.